The van der Waals surface area contributed by atoms with Crippen LogP contribution in [-0.2, 0) is 0 Å². The second-order valence-electron chi connectivity index (χ2n) is 7.07. The molecule has 0 bridgehead atoms. The Bertz CT molecular complexity index is 1360. The van der Waals surface area contributed by atoms with Crippen LogP contribution in [0.25, 0.3) is 10.8 Å². The van der Waals surface area contributed by atoms with Crippen molar-refractivity contribution in [2.24, 2.45) is 15.2 Å². The highest BCUT2D eigenvalue weighted by Crippen LogP contribution is 2.44. The number of azo groups is 1. The van der Waals surface area contributed by atoms with Gasteiger partial charge in [0.1, 0.15) is 28.6 Å². The molecule has 7 nitrogen and oxygen atoms in total. The third-order valence-electron chi connectivity index (χ3n) is 5.04. The highest BCUT2D eigenvalue weighted by molar-refractivity contribution is 7.80. The molecule has 0 radical (unpaired) electrons. The zero-order valence-electron chi connectivity index (χ0n) is 18.1. The van der Waals surface area contributed by atoms with Crippen LogP contribution in [0.5, 0.6) is 17.2 Å². The van der Waals surface area contributed by atoms with Gasteiger partial charge >= 0.3 is 0 Å². The molecule has 4 aromatic carbocycles. The van der Waals surface area contributed by atoms with Gasteiger partial charge in [-0.1, -0.05) is 18.2 Å². The van der Waals surface area contributed by atoms with Gasteiger partial charge in [0.2, 0.25) is 0 Å². The molecule has 0 aromatic heterocycles. The second-order valence-corrected chi connectivity index (χ2v) is 7.56. The van der Waals surface area contributed by atoms with Crippen LogP contribution in [-0.4, -0.2) is 26.0 Å². The smallest absolute Gasteiger partial charge is 0.152 e. The lowest BCUT2D eigenvalue weighted by Gasteiger charge is -2.11. The van der Waals surface area contributed by atoms with Crippen LogP contribution >= 0.6 is 12.6 Å². The first-order valence-corrected chi connectivity index (χ1v) is 10.4. The average Bonchev–Trinajstić information content (AvgIpc) is 2.83. The van der Waals surface area contributed by atoms with Gasteiger partial charge in [-0.3, -0.25) is 4.99 Å². The van der Waals surface area contributed by atoms with Crippen molar-refractivity contribution in [1.29, 1.82) is 0 Å². The number of methoxy groups -OCH3 is 2. The maximum absolute atomic E-state index is 10.9. The first kappa shape index (κ1) is 22.2. The predicted octanol–water partition coefficient (Wildman–Crippen LogP) is 7.34. The number of rotatable bonds is 7. The van der Waals surface area contributed by atoms with Crippen molar-refractivity contribution in [1.82, 2.24) is 0 Å². The Balaban J connectivity index is 1.71. The summed E-state index contributed by atoms with van der Waals surface area (Å²) >= 11 is 4.53. The number of aromatic hydroxyl groups is 1. The Morgan fingerprint density at radius 1 is 0.848 bits per heavy atom. The van der Waals surface area contributed by atoms with Crippen LogP contribution < -0.4 is 14.8 Å². The number of phenolic OH excluding ortho intramolecular Hbond substituents is 1. The minimum absolute atomic E-state index is 0.0113. The molecule has 0 unspecified atom stereocenters. The molecular weight excluding hydrogens is 436 g/mol. The van der Waals surface area contributed by atoms with Gasteiger partial charge in [-0.25, -0.2) is 0 Å². The molecule has 0 aliphatic rings. The number of anilines is 2. The van der Waals surface area contributed by atoms with Gasteiger partial charge in [-0.2, -0.15) is 0 Å². The lowest BCUT2D eigenvalue weighted by molar-refractivity contribution is 0.405. The molecule has 0 amide bonds. The summed E-state index contributed by atoms with van der Waals surface area (Å²) in [5.74, 6) is 0.911. The topological polar surface area (TPSA) is 87.8 Å². The molecule has 0 aliphatic carbocycles. The van der Waals surface area contributed by atoms with Crippen molar-refractivity contribution in [3.05, 3.63) is 66.7 Å². The van der Waals surface area contributed by atoms with E-state index in [-0.39, 0.29) is 11.4 Å². The minimum Gasteiger partial charge on any atom is -0.505 e. The molecule has 4 rings (SSSR count). The number of nitrogens with zero attached hydrogens (tertiary/aromatic N) is 3. The largest absolute Gasteiger partial charge is 0.505 e. The van der Waals surface area contributed by atoms with Gasteiger partial charge < -0.3 is 19.9 Å². The number of aliphatic imine (C=N–C) groups is 1. The summed E-state index contributed by atoms with van der Waals surface area (Å²) in [5, 5.41) is 24.2. The summed E-state index contributed by atoms with van der Waals surface area (Å²) < 4.78 is 10.7. The molecule has 166 valence electrons. The molecule has 8 heteroatoms. The number of hydrogen-bond donors (Lipinski definition) is 3. The molecule has 33 heavy (non-hydrogen) atoms. The first-order valence-electron chi connectivity index (χ1n) is 9.99. The van der Waals surface area contributed by atoms with Gasteiger partial charge in [0.15, 0.2) is 5.75 Å². The number of thiol groups is 1. The molecule has 0 heterocycles. The van der Waals surface area contributed by atoms with Crippen LogP contribution in [0.3, 0.4) is 0 Å². The fourth-order valence-corrected chi connectivity index (χ4v) is 3.69. The number of nitrogens with one attached hydrogen (secondary N) is 1. The van der Waals surface area contributed by atoms with E-state index >= 15 is 0 Å². The Morgan fingerprint density at radius 3 is 2.24 bits per heavy atom. The van der Waals surface area contributed by atoms with Crippen molar-refractivity contribution in [2.45, 2.75) is 4.90 Å². The Kier molecular flexibility index (Phi) is 6.46. The van der Waals surface area contributed by atoms with Crippen LogP contribution in [0, 0.1) is 0 Å². The van der Waals surface area contributed by atoms with Crippen LogP contribution in [0.15, 0.2) is 86.8 Å². The summed E-state index contributed by atoms with van der Waals surface area (Å²) in [6.45, 7) is 3.53. The zero-order chi connectivity index (χ0) is 23.4. The lowest BCUT2D eigenvalue weighted by atomic mass is 10.1. The molecule has 0 saturated heterocycles. The predicted molar refractivity (Wildman–Crippen MR) is 136 cm³/mol. The van der Waals surface area contributed by atoms with E-state index in [1.54, 1.807) is 12.1 Å². The lowest BCUT2D eigenvalue weighted by Crippen LogP contribution is -1.90. The minimum atomic E-state index is -0.0113. The molecule has 4 aromatic rings. The van der Waals surface area contributed by atoms with Gasteiger partial charge in [0, 0.05) is 33.8 Å². The number of benzene rings is 4. The van der Waals surface area contributed by atoms with Gasteiger partial charge in [-0.15, -0.1) is 22.9 Å². The van der Waals surface area contributed by atoms with E-state index in [4.69, 9.17) is 9.47 Å². The summed E-state index contributed by atoms with van der Waals surface area (Å²) in [4.78, 5) is 4.40. The molecule has 0 saturated carbocycles. The van der Waals surface area contributed by atoms with Crippen molar-refractivity contribution in [3.8, 4) is 17.2 Å². The van der Waals surface area contributed by atoms with Crippen molar-refractivity contribution in [3.63, 3.8) is 0 Å². The third-order valence-corrected chi connectivity index (χ3v) is 5.38. The molecule has 2 N–H and O–H groups in total. The van der Waals surface area contributed by atoms with Crippen molar-refractivity contribution in [2.75, 3.05) is 19.5 Å². The van der Waals surface area contributed by atoms with E-state index < -0.39 is 0 Å². The standard InChI is InChI=1S/C25H22N4O3S/c1-26-19-13-22(32-3)20(14-21(19)31-2)28-29-24-23(33)12-15-11-17(9-10-18(15)25(24)30)27-16-7-5-4-6-8-16/h4-14,27,30,33H,1H2,2-3H3. The van der Waals surface area contributed by atoms with Crippen molar-refractivity contribution < 1.29 is 14.6 Å². The van der Waals surface area contributed by atoms with E-state index in [0.717, 1.165) is 16.8 Å². The maximum atomic E-state index is 10.9. The molecular formula is C25H22N4O3S. The first-order chi connectivity index (χ1) is 16.0. The normalized spacial score (nSPS) is 11.0. The number of hydrogen-bond acceptors (Lipinski definition) is 8. The van der Waals surface area contributed by atoms with E-state index in [2.05, 4.69) is 39.9 Å². The number of phenols is 1. The highest BCUT2D eigenvalue weighted by atomic mass is 32.1. The molecule has 0 spiro atoms. The third kappa shape index (κ3) is 4.61. The highest BCUT2D eigenvalue weighted by Gasteiger charge is 2.14. The molecule has 0 atom stereocenters. The fraction of sp³-hybridized carbons (Fsp3) is 0.0800. The van der Waals surface area contributed by atoms with E-state index in [1.807, 2.05) is 54.6 Å². The van der Waals surface area contributed by atoms with Crippen molar-refractivity contribution >= 4 is 58.6 Å². The van der Waals surface area contributed by atoms with Crippen LogP contribution in [0.2, 0.25) is 0 Å². The van der Waals surface area contributed by atoms with Gasteiger partial charge in [0.25, 0.3) is 0 Å². The molecule has 0 aliphatic heterocycles. The van der Waals surface area contributed by atoms with Gasteiger partial charge in [0.05, 0.1) is 14.2 Å². The maximum Gasteiger partial charge on any atom is 0.152 e. The quantitative estimate of drug-likeness (QED) is 0.154. The Hall–Kier alpha value is -4.04. The number of para-hydroxylation sites is 1. The summed E-state index contributed by atoms with van der Waals surface area (Å²) in [6, 6.07) is 20.7. The fourth-order valence-electron chi connectivity index (χ4n) is 3.40. The SMILES string of the molecule is C=Nc1cc(OC)c(N=Nc2c(S)cc3cc(Nc4ccccc4)ccc3c2O)cc1OC. The summed E-state index contributed by atoms with van der Waals surface area (Å²) in [6.07, 6.45) is 0. The van der Waals surface area contributed by atoms with E-state index in [9.17, 15) is 5.11 Å². The van der Waals surface area contributed by atoms with Crippen LogP contribution in [0.1, 0.15) is 0 Å². The number of ether oxygens (including phenoxy) is 2. The van der Waals surface area contributed by atoms with E-state index in [1.165, 1.54) is 14.2 Å². The zero-order valence-corrected chi connectivity index (χ0v) is 19.0. The summed E-state index contributed by atoms with van der Waals surface area (Å²) in [7, 11) is 3.05. The second kappa shape index (κ2) is 9.62. The Labute approximate surface area is 196 Å². The summed E-state index contributed by atoms with van der Waals surface area (Å²) in [5.41, 5.74) is 3.05. The van der Waals surface area contributed by atoms with Crippen LogP contribution in [0.4, 0.5) is 28.4 Å². The average molecular weight is 459 g/mol. The number of fused-ring (bicyclic) bond motifs is 1. The molecule has 0 fully saturated rings. The van der Waals surface area contributed by atoms with Gasteiger partial charge in [-0.05, 0) is 48.5 Å². The Morgan fingerprint density at radius 2 is 1.55 bits per heavy atom. The monoisotopic (exact) mass is 458 g/mol. The van der Waals surface area contributed by atoms with E-state index in [0.29, 0.717) is 33.2 Å².